The molecule has 0 unspecified atom stereocenters. The molecule has 2 heterocycles. The topological polar surface area (TPSA) is 74.2 Å². The summed E-state index contributed by atoms with van der Waals surface area (Å²) in [5.41, 5.74) is 0.594. The number of fused-ring (bicyclic) bond motifs is 1. The molecule has 2 rings (SSSR count). The first-order valence-electron chi connectivity index (χ1n) is 3.23. The van der Waals surface area contributed by atoms with E-state index >= 15 is 0 Å². The molecule has 0 aliphatic carbocycles. The summed E-state index contributed by atoms with van der Waals surface area (Å²) < 4.78 is 1.40. The standard InChI is InChI=1S/C7H4N4O/c8-1-5-2-10-11-4-9-3-6(11)7(5)12/h2-4,12H. The van der Waals surface area contributed by atoms with Gasteiger partial charge in [0.1, 0.15) is 23.5 Å². The Hall–Kier alpha value is -2.09. The Kier molecular flexibility index (Phi) is 1.21. The number of hydrogen-bond acceptors (Lipinski definition) is 4. The van der Waals surface area contributed by atoms with Gasteiger partial charge in [-0.2, -0.15) is 10.4 Å². The third-order valence-corrected chi connectivity index (χ3v) is 1.55. The summed E-state index contributed by atoms with van der Waals surface area (Å²) in [6, 6.07) is 1.82. The lowest BCUT2D eigenvalue weighted by Gasteiger charge is -1.96. The van der Waals surface area contributed by atoms with Crippen LogP contribution in [0.2, 0.25) is 0 Å². The zero-order chi connectivity index (χ0) is 8.55. The SMILES string of the molecule is N#Cc1cnn2cncc2c1O. The fourth-order valence-corrected chi connectivity index (χ4v) is 0.951. The van der Waals surface area contributed by atoms with Gasteiger partial charge in [0.25, 0.3) is 0 Å². The molecule has 0 aliphatic rings. The summed E-state index contributed by atoms with van der Waals surface area (Å²) in [6.07, 6.45) is 4.20. The Bertz CT molecular complexity index is 468. The van der Waals surface area contributed by atoms with Crippen molar-refractivity contribution in [3.05, 3.63) is 24.3 Å². The zero-order valence-corrected chi connectivity index (χ0v) is 5.97. The molecular weight excluding hydrogens is 156 g/mol. The molecule has 0 aromatic carbocycles. The normalized spacial score (nSPS) is 9.92. The van der Waals surface area contributed by atoms with Crippen LogP contribution in [0.25, 0.3) is 5.52 Å². The Morgan fingerprint density at radius 1 is 1.50 bits per heavy atom. The third kappa shape index (κ3) is 0.720. The van der Waals surface area contributed by atoms with E-state index in [0.717, 1.165) is 0 Å². The van der Waals surface area contributed by atoms with Gasteiger partial charge in [-0.05, 0) is 0 Å². The highest BCUT2D eigenvalue weighted by molar-refractivity contribution is 5.62. The minimum atomic E-state index is -0.0787. The fourth-order valence-electron chi connectivity index (χ4n) is 0.951. The van der Waals surface area contributed by atoms with E-state index < -0.39 is 0 Å². The van der Waals surface area contributed by atoms with Gasteiger partial charge >= 0.3 is 0 Å². The van der Waals surface area contributed by atoms with Crippen LogP contribution in [0.1, 0.15) is 5.56 Å². The van der Waals surface area contributed by atoms with Gasteiger partial charge < -0.3 is 5.11 Å². The van der Waals surface area contributed by atoms with E-state index in [0.29, 0.717) is 5.52 Å². The van der Waals surface area contributed by atoms with Crippen molar-refractivity contribution in [1.82, 2.24) is 14.6 Å². The van der Waals surface area contributed by atoms with Crippen LogP contribution >= 0.6 is 0 Å². The summed E-state index contributed by atoms with van der Waals surface area (Å²) in [4.78, 5) is 3.77. The molecule has 0 fully saturated rings. The van der Waals surface area contributed by atoms with E-state index in [1.807, 2.05) is 6.07 Å². The minimum Gasteiger partial charge on any atom is -0.504 e. The van der Waals surface area contributed by atoms with E-state index in [1.54, 1.807) is 0 Å². The van der Waals surface area contributed by atoms with Crippen LogP contribution in [0.15, 0.2) is 18.7 Å². The Morgan fingerprint density at radius 2 is 2.33 bits per heavy atom. The van der Waals surface area contributed by atoms with E-state index in [4.69, 9.17) is 5.26 Å². The molecule has 1 N–H and O–H groups in total. The molecule has 0 atom stereocenters. The van der Waals surface area contributed by atoms with Crippen LogP contribution in [0.5, 0.6) is 5.75 Å². The first-order chi connectivity index (χ1) is 5.83. The maximum Gasteiger partial charge on any atom is 0.162 e. The molecule has 0 radical (unpaired) electrons. The monoisotopic (exact) mass is 160 g/mol. The predicted octanol–water partition coefficient (Wildman–Crippen LogP) is 0.307. The summed E-state index contributed by atoms with van der Waals surface area (Å²) in [7, 11) is 0. The molecule has 0 bridgehead atoms. The van der Waals surface area contributed by atoms with Gasteiger partial charge in [-0.25, -0.2) is 9.50 Å². The van der Waals surface area contributed by atoms with Gasteiger partial charge in [0.15, 0.2) is 5.75 Å². The highest BCUT2D eigenvalue weighted by Crippen LogP contribution is 2.20. The van der Waals surface area contributed by atoms with Gasteiger partial charge in [0.05, 0.1) is 12.4 Å². The molecule has 58 valence electrons. The number of imidazole rings is 1. The molecule has 5 nitrogen and oxygen atoms in total. The lowest BCUT2D eigenvalue weighted by Crippen LogP contribution is -1.90. The summed E-state index contributed by atoms with van der Waals surface area (Å²) in [6.45, 7) is 0. The zero-order valence-electron chi connectivity index (χ0n) is 5.97. The van der Waals surface area contributed by atoms with Crippen LogP contribution in [0.3, 0.4) is 0 Å². The second-order valence-corrected chi connectivity index (χ2v) is 2.24. The molecule has 0 amide bonds. The smallest absolute Gasteiger partial charge is 0.162 e. The maximum atomic E-state index is 9.42. The first kappa shape index (κ1) is 6.61. The highest BCUT2D eigenvalue weighted by Gasteiger charge is 2.06. The number of nitrogens with zero attached hydrogens (tertiary/aromatic N) is 4. The largest absolute Gasteiger partial charge is 0.504 e. The van der Waals surface area contributed by atoms with E-state index in [2.05, 4.69) is 10.1 Å². The predicted molar refractivity (Wildman–Crippen MR) is 39.4 cm³/mol. The molecule has 0 spiro atoms. The molecule has 5 heteroatoms. The fraction of sp³-hybridized carbons (Fsp3) is 0. The van der Waals surface area contributed by atoms with E-state index in [9.17, 15) is 5.11 Å². The maximum absolute atomic E-state index is 9.42. The van der Waals surface area contributed by atoms with Gasteiger partial charge in [0, 0.05) is 0 Å². The Balaban J connectivity index is 2.89. The molecular formula is C7H4N4O. The minimum absolute atomic E-state index is 0.0787. The molecule has 0 saturated heterocycles. The Labute approximate surface area is 67.5 Å². The van der Waals surface area contributed by atoms with Gasteiger partial charge in [0.2, 0.25) is 0 Å². The second kappa shape index (κ2) is 2.20. The van der Waals surface area contributed by atoms with Crippen molar-refractivity contribution in [1.29, 1.82) is 5.26 Å². The van der Waals surface area contributed by atoms with Crippen molar-refractivity contribution in [2.45, 2.75) is 0 Å². The quantitative estimate of drug-likeness (QED) is 0.601. The average molecular weight is 160 g/mol. The number of aromatic hydroxyl groups is 1. The van der Waals surface area contributed by atoms with Gasteiger partial charge in [-0.1, -0.05) is 0 Å². The Morgan fingerprint density at radius 3 is 3.08 bits per heavy atom. The highest BCUT2D eigenvalue weighted by atomic mass is 16.3. The van der Waals surface area contributed by atoms with Crippen LogP contribution in [-0.2, 0) is 0 Å². The molecule has 0 aliphatic heterocycles. The van der Waals surface area contributed by atoms with Crippen molar-refractivity contribution >= 4 is 5.52 Å². The van der Waals surface area contributed by atoms with E-state index in [1.165, 1.54) is 23.2 Å². The van der Waals surface area contributed by atoms with E-state index in [-0.39, 0.29) is 11.3 Å². The number of hydrogen-bond donors (Lipinski definition) is 1. The second-order valence-electron chi connectivity index (χ2n) is 2.24. The van der Waals surface area contributed by atoms with Crippen LogP contribution in [-0.4, -0.2) is 19.7 Å². The van der Waals surface area contributed by atoms with Crippen molar-refractivity contribution in [2.24, 2.45) is 0 Å². The van der Waals surface area contributed by atoms with Crippen LogP contribution < -0.4 is 0 Å². The van der Waals surface area contributed by atoms with Crippen LogP contribution in [0.4, 0.5) is 0 Å². The molecule has 2 aromatic rings. The van der Waals surface area contributed by atoms with Crippen molar-refractivity contribution in [3.8, 4) is 11.8 Å². The summed E-state index contributed by atoms with van der Waals surface area (Å²) >= 11 is 0. The lowest BCUT2D eigenvalue weighted by atomic mass is 10.3. The van der Waals surface area contributed by atoms with Crippen LogP contribution in [0, 0.1) is 11.3 Å². The molecule has 0 saturated carbocycles. The average Bonchev–Trinajstić information content (AvgIpc) is 2.53. The van der Waals surface area contributed by atoms with Crippen molar-refractivity contribution < 1.29 is 5.11 Å². The lowest BCUT2D eigenvalue weighted by molar-refractivity contribution is 0.475. The summed E-state index contributed by atoms with van der Waals surface area (Å²) in [5.74, 6) is -0.0787. The first-order valence-corrected chi connectivity index (χ1v) is 3.23. The van der Waals surface area contributed by atoms with Gasteiger partial charge in [-0.15, -0.1) is 0 Å². The van der Waals surface area contributed by atoms with Gasteiger partial charge in [-0.3, -0.25) is 0 Å². The summed E-state index contributed by atoms with van der Waals surface area (Å²) in [5, 5.41) is 21.8. The third-order valence-electron chi connectivity index (χ3n) is 1.55. The molecule has 12 heavy (non-hydrogen) atoms. The van der Waals surface area contributed by atoms with Crippen molar-refractivity contribution in [3.63, 3.8) is 0 Å². The molecule has 2 aromatic heterocycles. The number of aromatic nitrogens is 3. The number of rotatable bonds is 0. The number of nitriles is 1. The van der Waals surface area contributed by atoms with Crippen molar-refractivity contribution in [2.75, 3.05) is 0 Å².